The van der Waals surface area contributed by atoms with E-state index in [0.29, 0.717) is 12.1 Å². The predicted molar refractivity (Wildman–Crippen MR) is 68.7 cm³/mol. The molecule has 0 aliphatic heterocycles. The van der Waals surface area contributed by atoms with Crippen LogP contribution in [0.15, 0.2) is 30.6 Å². The van der Waals surface area contributed by atoms with Crippen molar-refractivity contribution < 1.29 is 8.42 Å². The molecule has 1 aromatic carbocycles. The van der Waals surface area contributed by atoms with Crippen LogP contribution in [0, 0.1) is 11.3 Å². The monoisotopic (exact) mass is 277 g/mol. The van der Waals surface area contributed by atoms with E-state index in [4.69, 9.17) is 5.26 Å². The highest BCUT2D eigenvalue weighted by atomic mass is 32.2. The molecule has 0 spiro atoms. The second-order valence-electron chi connectivity index (χ2n) is 3.95. The fourth-order valence-electron chi connectivity index (χ4n) is 1.46. The van der Waals surface area contributed by atoms with Gasteiger partial charge in [-0.15, -0.1) is 5.10 Å². The molecule has 98 valence electrons. The summed E-state index contributed by atoms with van der Waals surface area (Å²) in [4.78, 5) is 3.84. The predicted octanol–water partition coefficient (Wildman–Crippen LogP) is 0.570. The average molecular weight is 277 g/mol. The molecule has 19 heavy (non-hydrogen) atoms. The quantitative estimate of drug-likeness (QED) is 0.880. The van der Waals surface area contributed by atoms with Gasteiger partial charge in [0, 0.05) is 0 Å². The molecule has 2 rings (SSSR count). The van der Waals surface area contributed by atoms with E-state index in [1.165, 1.54) is 11.0 Å². The topological polar surface area (TPSA) is 101 Å². The molecule has 1 aromatic heterocycles. The first-order valence-electron chi connectivity index (χ1n) is 5.32. The van der Waals surface area contributed by atoms with Crippen LogP contribution in [0.1, 0.15) is 11.1 Å². The number of hydrogen-bond acceptors (Lipinski definition) is 5. The maximum absolute atomic E-state index is 11.0. The molecule has 0 aliphatic carbocycles. The number of nitriles is 1. The number of anilines is 1. The van der Waals surface area contributed by atoms with Crippen LogP contribution in [0.2, 0.25) is 0 Å². The molecule has 0 radical (unpaired) electrons. The number of aromatic nitrogens is 3. The van der Waals surface area contributed by atoms with Crippen LogP contribution in [0.4, 0.5) is 5.95 Å². The summed E-state index contributed by atoms with van der Waals surface area (Å²) in [5.41, 5.74) is 1.52. The third kappa shape index (κ3) is 3.79. The summed E-state index contributed by atoms with van der Waals surface area (Å²) in [6.07, 6.45) is 2.47. The van der Waals surface area contributed by atoms with E-state index in [9.17, 15) is 8.42 Å². The largest absolute Gasteiger partial charge is 0.255 e. The highest BCUT2D eigenvalue weighted by Crippen LogP contribution is 2.06. The second-order valence-corrected chi connectivity index (χ2v) is 5.70. The van der Waals surface area contributed by atoms with Gasteiger partial charge in [-0.3, -0.25) is 4.72 Å². The van der Waals surface area contributed by atoms with Crippen molar-refractivity contribution >= 4 is 16.0 Å². The van der Waals surface area contributed by atoms with E-state index in [-0.39, 0.29) is 5.95 Å². The first-order valence-corrected chi connectivity index (χ1v) is 7.22. The van der Waals surface area contributed by atoms with Crippen molar-refractivity contribution in [3.63, 3.8) is 0 Å². The highest BCUT2D eigenvalue weighted by molar-refractivity contribution is 7.91. The zero-order chi connectivity index (χ0) is 13.9. The number of hydrogen-bond donors (Lipinski definition) is 1. The lowest BCUT2D eigenvalue weighted by molar-refractivity contribution is 0.606. The van der Waals surface area contributed by atoms with Crippen LogP contribution in [0.25, 0.3) is 0 Å². The van der Waals surface area contributed by atoms with E-state index >= 15 is 0 Å². The Morgan fingerprint density at radius 3 is 2.63 bits per heavy atom. The number of sulfonamides is 1. The molecule has 0 atom stereocenters. The Bertz CT molecular complexity index is 712. The lowest BCUT2D eigenvalue weighted by Gasteiger charge is -2.01. The first kappa shape index (κ1) is 13.0. The van der Waals surface area contributed by atoms with Crippen molar-refractivity contribution in [2.75, 3.05) is 11.0 Å². The summed E-state index contributed by atoms with van der Waals surface area (Å²) in [6.45, 7) is 0.449. The summed E-state index contributed by atoms with van der Waals surface area (Å²) in [6, 6.07) is 9.08. The van der Waals surface area contributed by atoms with Gasteiger partial charge in [-0.2, -0.15) is 10.2 Å². The van der Waals surface area contributed by atoms with E-state index in [2.05, 4.69) is 14.8 Å². The standard InChI is InChI=1S/C11H11N5O2S/c1-19(17,18)15-11-13-8-16(14-11)7-10-4-2-9(6-12)3-5-10/h2-5,8H,7H2,1H3,(H,14,15). The fraction of sp³-hybridized carbons (Fsp3) is 0.182. The molecular formula is C11H11N5O2S. The van der Waals surface area contributed by atoms with Gasteiger partial charge in [0.2, 0.25) is 10.0 Å². The minimum Gasteiger partial charge on any atom is -0.250 e. The number of nitrogens with one attached hydrogen (secondary N) is 1. The number of benzene rings is 1. The molecule has 1 heterocycles. The van der Waals surface area contributed by atoms with Gasteiger partial charge in [-0.25, -0.2) is 13.1 Å². The zero-order valence-electron chi connectivity index (χ0n) is 10.1. The molecule has 0 saturated heterocycles. The van der Waals surface area contributed by atoms with Crippen molar-refractivity contribution in [2.45, 2.75) is 6.54 Å². The maximum atomic E-state index is 11.0. The van der Waals surface area contributed by atoms with Crippen LogP contribution < -0.4 is 4.72 Å². The van der Waals surface area contributed by atoms with Gasteiger partial charge in [-0.1, -0.05) is 12.1 Å². The fourth-order valence-corrected chi connectivity index (χ4v) is 1.88. The van der Waals surface area contributed by atoms with Crippen molar-refractivity contribution in [1.29, 1.82) is 5.26 Å². The molecule has 0 unspecified atom stereocenters. The van der Waals surface area contributed by atoms with Gasteiger partial charge < -0.3 is 0 Å². The Kier molecular flexibility index (Phi) is 3.48. The zero-order valence-corrected chi connectivity index (χ0v) is 10.9. The normalized spacial score (nSPS) is 10.9. The molecule has 0 aliphatic rings. The molecule has 7 nitrogen and oxygen atoms in total. The highest BCUT2D eigenvalue weighted by Gasteiger charge is 2.06. The number of nitrogens with zero attached hydrogens (tertiary/aromatic N) is 4. The van der Waals surface area contributed by atoms with E-state index in [1.807, 2.05) is 18.2 Å². The van der Waals surface area contributed by atoms with Crippen LogP contribution in [-0.4, -0.2) is 29.4 Å². The Morgan fingerprint density at radius 1 is 1.37 bits per heavy atom. The Balaban J connectivity index is 2.09. The van der Waals surface area contributed by atoms with Gasteiger partial charge in [-0.05, 0) is 17.7 Å². The van der Waals surface area contributed by atoms with Crippen molar-refractivity contribution in [1.82, 2.24) is 14.8 Å². The van der Waals surface area contributed by atoms with Crippen LogP contribution in [-0.2, 0) is 16.6 Å². The van der Waals surface area contributed by atoms with Crippen LogP contribution in [0.5, 0.6) is 0 Å². The molecule has 8 heteroatoms. The van der Waals surface area contributed by atoms with Gasteiger partial charge in [0.25, 0.3) is 5.95 Å². The average Bonchev–Trinajstić information content (AvgIpc) is 2.75. The molecule has 2 aromatic rings. The van der Waals surface area contributed by atoms with Crippen molar-refractivity contribution in [3.8, 4) is 6.07 Å². The van der Waals surface area contributed by atoms with Crippen molar-refractivity contribution in [2.24, 2.45) is 0 Å². The lowest BCUT2D eigenvalue weighted by atomic mass is 10.1. The lowest BCUT2D eigenvalue weighted by Crippen LogP contribution is -2.11. The SMILES string of the molecule is CS(=O)(=O)Nc1ncn(Cc2ccc(C#N)cc2)n1. The summed E-state index contributed by atoms with van der Waals surface area (Å²) in [5, 5.41) is 12.7. The molecule has 0 saturated carbocycles. The molecule has 1 N–H and O–H groups in total. The summed E-state index contributed by atoms with van der Waals surface area (Å²) in [5.74, 6) is 0.0381. The summed E-state index contributed by atoms with van der Waals surface area (Å²) >= 11 is 0. The van der Waals surface area contributed by atoms with Crippen LogP contribution in [0.3, 0.4) is 0 Å². The first-order chi connectivity index (χ1) is 8.96. The minimum absolute atomic E-state index is 0.0381. The summed E-state index contributed by atoms with van der Waals surface area (Å²) < 4.78 is 25.7. The molecule has 0 bridgehead atoms. The van der Waals surface area contributed by atoms with Gasteiger partial charge in [0.1, 0.15) is 6.33 Å². The summed E-state index contributed by atoms with van der Waals surface area (Å²) in [7, 11) is -3.37. The maximum Gasteiger partial charge on any atom is 0.255 e. The smallest absolute Gasteiger partial charge is 0.250 e. The van der Waals surface area contributed by atoms with Gasteiger partial charge in [0.05, 0.1) is 24.4 Å². The van der Waals surface area contributed by atoms with Gasteiger partial charge >= 0.3 is 0 Å². The van der Waals surface area contributed by atoms with E-state index < -0.39 is 10.0 Å². The molecular weight excluding hydrogens is 266 g/mol. The Labute approximate surface area is 110 Å². The molecule has 0 fully saturated rings. The van der Waals surface area contributed by atoms with E-state index in [1.54, 1.807) is 12.1 Å². The molecule has 0 amide bonds. The Hall–Kier alpha value is -2.40. The third-order valence-corrected chi connectivity index (χ3v) is 2.79. The number of rotatable bonds is 4. The van der Waals surface area contributed by atoms with Gasteiger partial charge in [0.15, 0.2) is 0 Å². The van der Waals surface area contributed by atoms with E-state index in [0.717, 1.165) is 11.8 Å². The second kappa shape index (κ2) is 5.07. The van der Waals surface area contributed by atoms with Crippen LogP contribution >= 0.6 is 0 Å². The third-order valence-electron chi connectivity index (χ3n) is 2.24. The Morgan fingerprint density at radius 2 is 2.05 bits per heavy atom. The minimum atomic E-state index is -3.37. The van der Waals surface area contributed by atoms with Crippen molar-refractivity contribution in [3.05, 3.63) is 41.7 Å².